The van der Waals surface area contributed by atoms with E-state index in [1.54, 1.807) is 13.2 Å². The van der Waals surface area contributed by atoms with Gasteiger partial charge < -0.3 is 19.9 Å². The van der Waals surface area contributed by atoms with Crippen molar-refractivity contribution < 1.29 is 19.4 Å². The number of hydrogen-bond acceptors (Lipinski definition) is 5. The average Bonchev–Trinajstić information content (AvgIpc) is 2.71. The number of nitrogens with one attached hydrogen (secondary N) is 1. The van der Waals surface area contributed by atoms with Crippen LogP contribution in [0.4, 0.5) is 0 Å². The van der Waals surface area contributed by atoms with Crippen LogP contribution in [0, 0.1) is 0 Å². The molecule has 0 spiro atoms. The number of amides is 1. The van der Waals surface area contributed by atoms with Crippen molar-refractivity contribution in [3.05, 3.63) is 60.2 Å². The van der Waals surface area contributed by atoms with E-state index in [1.165, 1.54) is 7.11 Å². The number of rotatable bonds is 7. The second-order valence-electron chi connectivity index (χ2n) is 6.12. The summed E-state index contributed by atoms with van der Waals surface area (Å²) >= 11 is 0. The summed E-state index contributed by atoms with van der Waals surface area (Å²) in [4.78, 5) is 17.4. The molecule has 1 atom stereocenters. The van der Waals surface area contributed by atoms with Crippen molar-refractivity contribution >= 4 is 16.8 Å². The van der Waals surface area contributed by atoms with Crippen molar-refractivity contribution in [3.8, 4) is 17.0 Å². The summed E-state index contributed by atoms with van der Waals surface area (Å²) in [5.41, 5.74) is 2.82. The van der Waals surface area contributed by atoms with Gasteiger partial charge in [-0.05, 0) is 36.4 Å². The van der Waals surface area contributed by atoms with Crippen LogP contribution < -0.4 is 10.1 Å². The Balaban J connectivity index is 1.96. The number of ether oxygens (including phenoxy) is 2. The summed E-state index contributed by atoms with van der Waals surface area (Å²) in [7, 11) is 3.12. The van der Waals surface area contributed by atoms with Crippen LogP contribution in [0.3, 0.4) is 0 Å². The number of aliphatic hydroxyl groups is 1. The van der Waals surface area contributed by atoms with Gasteiger partial charge in [0, 0.05) is 24.6 Å². The summed E-state index contributed by atoms with van der Waals surface area (Å²) in [5, 5.41) is 13.3. The van der Waals surface area contributed by atoms with Crippen LogP contribution in [0.1, 0.15) is 10.4 Å². The average molecular weight is 366 g/mol. The molecule has 0 aliphatic carbocycles. The first-order chi connectivity index (χ1) is 13.1. The number of hydrogen-bond donors (Lipinski definition) is 2. The quantitative estimate of drug-likeness (QED) is 0.672. The highest BCUT2D eigenvalue weighted by Crippen LogP contribution is 2.26. The van der Waals surface area contributed by atoms with E-state index < -0.39 is 6.10 Å². The van der Waals surface area contributed by atoms with E-state index in [0.29, 0.717) is 11.3 Å². The lowest BCUT2D eigenvalue weighted by molar-refractivity contribution is 0.0610. The molecule has 0 saturated heterocycles. The molecule has 1 amide bonds. The fourth-order valence-corrected chi connectivity index (χ4v) is 2.83. The number of pyridine rings is 1. The van der Waals surface area contributed by atoms with Crippen LogP contribution in [0.5, 0.6) is 5.75 Å². The Hall–Kier alpha value is -2.96. The molecule has 3 aromatic rings. The SMILES string of the molecule is COC[C@H](O)CNC(=O)c1cc(-c2ccc(OC)cc2)nc2ccccc12. The maximum absolute atomic E-state index is 12.7. The first kappa shape index (κ1) is 18.8. The lowest BCUT2D eigenvalue weighted by Gasteiger charge is -2.13. The fraction of sp³-hybridized carbons (Fsp3) is 0.238. The van der Waals surface area contributed by atoms with E-state index in [4.69, 9.17) is 9.47 Å². The molecule has 2 aromatic carbocycles. The minimum absolute atomic E-state index is 0.112. The predicted octanol–water partition coefficient (Wildman–Crippen LogP) is 2.65. The molecule has 140 valence electrons. The lowest BCUT2D eigenvalue weighted by atomic mass is 10.0. The molecule has 1 heterocycles. The van der Waals surface area contributed by atoms with Crippen LogP contribution in [0.2, 0.25) is 0 Å². The smallest absolute Gasteiger partial charge is 0.252 e. The van der Waals surface area contributed by atoms with E-state index >= 15 is 0 Å². The summed E-state index contributed by atoms with van der Waals surface area (Å²) in [5.74, 6) is 0.489. The van der Waals surface area contributed by atoms with Gasteiger partial charge in [-0.25, -0.2) is 4.98 Å². The highest BCUT2D eigenvalue weighted by Gasteiger charge is 2.15. The van der Waals surface area contributed by atoms with E-state index in [1.807, 2.05) is 48.5 Å². The minimum Gasteiger partial charge on any atom is -0.497 e. The second kappa shape index (κ2) is 8.62. The molecule has 0 radical (unpaired) electrons. The van der Waals surface area contributed by atoms with Gasteiger partial charge in [0.2, 0.25) is 0 Å². The molecule has 0 saturated carbocycles. The number of methoxy groups -OCH3 is 2. The van der Waals surface area contributed by atoms with Crippen LogP contribution >= 0.6 is 0 Å². The van der Waals surface area contributed by atoms with Gasteiger partial charge in [-0.2, -0.15) is 0 Å². The highest BCUT2D eigenvalue weighted by molar-refractivity contribution is 6.07. The number of aliphatic hydroxyl groups excluding tert-OH is 1. The van der Waals surface area contributed by atoms with Gasteiger partial charge >= 0.3 is 0 Å². The molecular weight excluding hydrogens is 344 g/mol. The van der Waals surface area contributed by atoms with Crippen molar-refractivity contribution in [2.24, 2.45) is 0 Å². The Morgan fingerprint density at radius 3 is 2.59 bits per heavy atom. The Bertz CT molecular complexity index is 925. The van der Waals surface area contributed by atoms with Gasteiger partial charge in [0.15, 0.2) is 0 Å². The van der Waals surface area contributed by atoms with Gasteiger partial charge in [-0.15, -0.1) is 0 Å². The number of aromatic nitrogens is 1. The number of carbonyl (C=O) groups is 1. The Morgan fingerprint density at radius 2 is 1.89 bits per heavy atom. The topological polar surface area (TPSA) is 80.7 Å². The summed E-state index contributed by atoms with van der Waals surface area (Å²) in [6.07, 6.45) is -0.756. The predicted molar refractivity (Wildman–Crippen MR) is 104 cm³/mol. The molecule has 0 fully saturated rings. The van der Waals surface area contributed by atoms with Gasteiger partial charge in [-0.1, -0.05) is 18.2 Å². The van der Waals surface area contributed by atoms with Crippen LogP contribution in [-0.4, -0.2) is 49.5 Å². The zero-order chi connectivity index (χ0) is 19.2. The normalized spacial score (nSPS) is 12.0. The third-order valence-electron chi connectivity index (χ3n) is 4.20. The van der Waals surface area contributed by atoms with E-state index in [-0.39, 0.29) is 19.1 Å². The van der Waals surface area contributed by atoms with Gasteiger partial charge in [-0.3, -0.25) is 4.79 Å². The van der Waals surface area contributed by atoms with Gasteiger partial charge in [0.1, 0.15) is 5.75 Å². The van der Waals surface area contributed by atoms with E-state index in [9.17, 15) is 9.90 Å². The Morgan fingerprint density at radius 1 is 1.15 bits per heavy atom. The number of nitrogens with zero attached hydrogens (tertiary/aromatic N) is 1. The van der Waals surface area contributed by atoms with Crippen molar-refractivity contribution in [1.29, 1.82) is 0 Å². The first-order valence-electron chi connectivity index (χ1n) is 8.61. The Labute approximate surface area is 157 Å². The van der Waals surface area contributed by atoms with Crippen molar-refractivity contribution in [3.63, 3.8) is 0 Å². The maximum Gasteiger partial charge on any atom is 0.252 e. The number of benzene rings is 2. The van der Waals surface area contributed by atoms with E-state index in [2.05, 4.69) is 10.3 Å². The molecule has 0 aliphatic rings. The fourth-order valence-electron chi connectivity index (χ4n) is 2.83. The molecule has 0 unspecified atom stereocenters. The third kappa shape index (κ3) is 4.42. The van der Waals surface area contributed by atoms with E-state index in [0.717, 1.165) is 22.2 Å². The summed E-state index contributed by atoms with van der Waals surface area (Å²) in [6, 6.07) is 16.8. The molecule has 27 heavy (non-hydrogen) atoms. The van der Waals surface area contributed by atoms with Crippen molar-refractivity contribution in [2.75, 3.05) is 27.4 Å². The molecule has 2 N–H and O–H groups in total. The zero-order valence-electron chi connectivity index (χ0n) is 15.3. The maximum atomic E-state index is 12.7. The number of carbonyl (C=O) groups excluding carboxylic acids is 1. The molecule has 0 aliphatic heterocycles. The van der Waals surface area contributed by atoms with Crippen molar-refractivity contribution in [1.82, 2.24) is 10.3 Å². The standard InChI is InChI=1S/C21H22N2O4/c1-26-13-15(24)12-22-21(25)18-11-20(14-7-9-16(27-2)10-8-14)23-19-6-4-3-5-17(18)19/h3-11,15,24H,12-13H2,1-2H3,(H,22,25)/t15-/m1/s1. The second-order valence-corrected chi connectivity index (χ2v) is 6.12. The molecular formula is C21H22N2O4. The monoisotopic (exact) mass is 366 g/mol. The minimum atomic E-state index is -0.756. The van der Waals surface area contributed by atoms with Crippen LogP contribution in [0.25, 0.3) is 22.2 Å². The molecule has 0 bridgehead atoms. The molecule has 6 nitrogen and oxygen atoms in total. The van der Waals surface area contributed by atoms with Crippen molar-refractivity contribution in [2.45, 2.75) is 6.10 Å². The Kier molecular flexibility index (Phi) is 6.01. The molecule has 1 aromatic heterocycles. The lowest BCUT2D eigenvalue weighted by Crippen LogP contribution is -2.34. The largest absolute Gasteiger partial charge is 0.497 e. The third-order valence-corrected chi connectivity index (χ3v) is 4.20. The first-order valence-corrected chi connectivity index (χ1v) is 8.61. The summed E-state index contributed by atoms with van der Waals surface area (Å²) < 4.78 is 10.1. The van der Waals surface area contributed by atoms with Crippen LogP contribution in [0.15, 0.2) is 54.6 Å². The van der Waals surface area contributed by atoms with Crippen LogP contribution in [-0.2, 0) is 4.74 Å². The van der Waals surface area contributed by atoms with Gasteiger partial charge in [0.25, 0.3) is 5.91 Å². The summed E-state index contributed by atoms with van der Waals surface area (Å²) in [6.45, 7) is 0.273. The molecule has 6 heteroatoms. The number of para-hydroxylation sites is 1. The highest BCUT2D eigenvalue weighted by atomic mass is 16.5. The number of fused-ring (bicyclic) bond motifs is 1. The zero-order valence-corrected chi connectivity index (χ0v) is 15.3. The molecule has 3 rings (SSSR count). The van der Waals surface area contributed by atoms with Gasteiger partial charge in [0.05, 0.1) is 36.6 Å².